The van der Waals surface area contributed by atoms with E-state index in [4.69, 9.17) is 4.52 Å². The second-order valence-electron chi connectivity index (χ2n) is 4.03. The fourth-order valence-electron chi connectivity index (χ4n) is 1.93. The van der Waals surface area contributed by atoms with Crippen molar-refractivity contribution in [2.75, 3.05) is 18.0 Å². The van der Waals surface area contributed by atoms with Crippen LogP contribution in [0.5, 0.6) is 0 Å². The first-order valence-electron chi connectivity index (χ1n) is 5.65. The molecule has 3 heterocycles. The van der Waals surface area contributed by atoms with Crippen LogP contribution in [0.3, 0.4) is 0 Å². The summed E-state index contributed by atoms with van der Waals surface area (Å²) in [6, 6.07) is 1.69. The van der Waals surface area contributed by atoms with E-state index in [0.29, 0.717) is 35.3 Å². The van der Waals surface area contributed by atoms with Gasteiger partial charge < -0.3 is 14.2 Å². The van der Waals surface area contributed by atoms with Crippen LogP contribution in [0.4, 0.5) is 13.9 Å². The molecule has 0 bridgehead atoms. The highest BCUT2D eigenvalue weighted by molar-refractivity contribution is 7.18. The second-order valence-corrected chi connectivity index (χ2v) is 4.98. The van der Waals surface area contributed by atoms with Crippen LogP contribution < -0.4 is 4.90 Å². The minimum absolute atomic E-state index is 0.401. The molecule has 9 heteroatoms. The topological polar surface area (TPSA) is 64.3 Å². The van der Waals surface area contributed by atoms with Gasteiger partial charge in [-0.1, -0.05) is 16.5 Å². The van der Waals surface area contributed by atoms with E-state index < -0.39 is 12.7 Å². The molecular weight excluding hydrogens is 278 g/mol. The molecule has 1 aliphatic rings. The molecule has 0 amide bonds. The summed E-state index contributed by atoms with van der Waals surface area (Å²) in [5.74, 6) is 0. The average molecular weight is 288 g/mol. The molecule has 2 aromatic heterocycles. The molecule has 1 aliphatic heterocycles. The normalized spacial score (nSPS) is 19.5. The summed E-state index contributed by atoms with van der Waals surface area (Å²) < 4.78 is 33.5. The van der Waals surface area contributed by atoms with E-state index >= 15 is 0 Å². The number of rotatable bonds is 4. The molecule has 0 N–H and O–H groups in total. The van der Waals surface area contributed by atoms with E-state index in [1.165, 1.54) is 17.6 Å². The van der Waals surface area contributed by atoms with Gasteiger partial charge in [0.1, 0.15) is 12.0 Å². The third-order valence-corrected chi connectivity index (χ3v) is 3.79. The molecule has 1 fully saturated rings. The Kier molecular flexibility index (Phi) is 3.38. The van der Waals surface area contributed by atoms with Crippen LogP contribution in [0.25, 0.3) is 10.7 Å². The zero-order valence-corrected chi connectivity index (χ0v) is 10.5. The molecule has 0 spiro atoms. The largest absolute Gasteiger partial charge is 0.364 e. The van der Waals surface area contributed by atoms with Crippen molar-refractivity contribution >= 4 is 16.5 Å². The van der Waals surface area contributed by atoms with E-state index in [1.807, 2.05) is 4.90 Å². The molecule has 1 saturated heterocycles. The summed E-state index contributed by atoms with van der Waals surface area (Å²) in [6.07, 6.45) is 1.56. The third kappa shape index (κ3) is 2.71. The monoisotopic (exact) mass is 288 g/mol. The summed E-state index contributed by atoms with van der Waals surface area (Å²) in [7, 11) is 0. The Morgan fingerprint density at radius 1 is 1.47 bits per heavy atom. The van der Waals surface area contributed by atoms with Gasteiger partial charge in [0.15, 0.2) is 5.01 Å². The lowest BCUT2D eigenvalue weighted by Crippen LogP contribution is -2.23. The lowest BCUT2D eigenvalue weighted by molar-refractivity contribution is -0.156. The maximum Gasteiger partial charge on any atom is 0.345 e. The molecule has 0 radical (unpaired) electrons. The molecule has 3 rings (SSSR count). The second kappa shape index (κ2) is 5.17. The molecular formula is C10H10F2N4O2S. The van der Waals surface area contributed by atoms with Gasteiger partial charge in [-0.15, -0.1) is 10.2 Å². The van der Waals surface area contributed by atoms with Gasteiger partial charge in [0.05, 0.1) is 6.10 Å². The summed E-state index contributed by atoms with van der Waals surface area (Å²) in [6.45, 7) is -1.70. The van der Waals surface area contributed by atoms with Crippen LogP contribution in [0, 0.1) is 0 Å². The average Bonchev–Trinajstić information content (AvgIpc) is 3.09. The van der Waals surface area contributed by atoms with Crippen molar-refractivity contribution in [3.8, 4) is 10.7 Å². The van der Waals surface area contributed by atoms with E-state index in [2.05, 4.69) is 20.1 Å². The zero-order chi connectivity index (χ0) is 13.2. The molecule has 0 aromatic carbocycles. The SMILES string of the molecule is FC(F)O[C@H]1CCN(c2nnc(-c3ccon3)s2)C1. The Hall–Kier alpha value is -1.61. The van der Waals surface area contributed by atoms with Gasteiger partial charge in [-0.2, -0.15) is 8.78 Å². The highest BCUT2D eigenvalue weighted by Gasteiger charge is 2.28. The minimum atomic E-state index is -2.73. The number of nitrogens with zero attached hydrogens (tertiary/aromatic N) is 4. The first-order chi connectivity index (χ1) is 9.22. The molecule has 0 aliphatic carbocycles. The number of hydrogen-bond donors (Lipinski definition) is 0. The number of aromatic nitrogens is 3. The van der Waals surface area contributed by atoms with Gasteiger partial charge in [0.2, 0.25) is 5.13 Å². The Morgan fingerprint density at radius 3 is 3.11 bits per heavy atom. The predicted molar refractivity (Wildman–Crippen MR) is 63.1 cm³/mol. The fourth-order valence-corrected chi connectivity index (χ4v) is 2.77. The predicted octanol–water partition coefficient (Wildman–Crippen LogP) is 2.01. The van der Waals surface area contributed by atoms with Crippen molar-refractivity contribution in [1.29, 1.82) is 0 Å². The standard InChI is InChI=1S/C10H10F2N4O2S/c11-9(12)18-6-1-3-16(5-6)10-14-13-8(19-10)7-2-4-17-15-7/h2,4,6,9H,1,3,5H2/t6-/m0/s1. The third-order valence-electron chi connectivity index (χ3n) is 2.78. The van der Waals surface area contributed by atoms with Crippen LogP contribution in [-0.2, 0) is 4.74 Å². The molecule has 19 heavy (non-hydrogen) atoms. The maximum absolute atomic E-state index is 12.1. The van der Waals surface area contributed by atoms with Crippen molar-refractivity contribution in [2.24, 2.45) is 0 Å². The Bertz CT molecular complexity index is 533. The van der Waals surface area contributed by atoms with Crippen molar-refractivity contribution in [3.63, 3.8) is 0 Å². The van der Waals surface area contributed by atoms with Crippen molar-refractivity contribution in [2.45, 2.75) is 19.1 Å². The van der Waals surface area contributed by atoms with Gasteiger partial charge in [0.25, 0.3) is 0 Å². The number of alkyl halides is 2. The summed E-state index contributed by atoms with van der Waals surface area (Å²) in [5.41, 5.74) is 0.614. The number of anilines is 1. The van der Waals surface area contributed by atoms with Crippen LogP contribution >= 0.6 is 11.3 Å². The van der Waals surface area contributed by atoms with Crippen molar-refractivity contribution in [1.82, 2.24) is 15.4 Å². The number of ether oxygens (including phenoxy) is 1. The van der Waals surface area contributed by atoms with Gasteiger partial charge >= 0.3 is 6.61 Å². The highest BCUT2D eigenvalue weighted by Crippen LogP contribution is 2.30. The molecule has 0 unspecified atom stereocenters. The van der Waals surface area contributed by atoms with Crippen LogP contribution in [0.15, 0.2) is 16.9 Å². The lowest BCUT2D eigenvalue weighted by atomic mass is 10.3. The smallest absolute Gasteiger partial charge is 0.345 e. The lowest BCUT2D eigenvalue weighted by Gasteiger charge is -2.14. The number of halogens is 2. The van der Waals surface area contributed by atoms with Crippen molar-refractivity contribution in [3.05, 3.63) is 12.3 Å². The van der Waals surface area contributed by atoms with Gasteiger partial charge in [-0.05, 0) is 6.42 Å². The Morgan fingerprint density at radius 2 is 2.37 bits per heavy atom. The molecule has 0 saturated carbocycles. The molecule has 6 nitrogen and oxygen atoms in total. The molecule has 2 aromatic rings. The first-order valence-corrected chi connectivity index (χ1v) is 6.47. The minimum Gasteiger partial charge on any atom is -0.364 e. The summed E-state index contributed by atoms with van der Waals surface area (Å²) >= 11 is 1.35. The maximum atomic E-state index is 12.1. The van der Waals surface area contributed by atoms with E-state index in [1.54, 1.807) is 6.07 Å². The Labute approximate surface area is 111 Å². The molecule has 1 atom stereocenters. The van der Waals surface area contributed by atoms with E-state index in [0.717, 1.165) is 0 Å². The summed E-state index contributed by atoms with van der Waals surface area (Å²) in [4.78, 5) is 1.88. The summed E-state index contributed by atoms with van der Waals surface area (Å²) in [5, 5.41) is 13.1. The van der Waals surface area contributed by atoms with Gasteiger partial charge in [-0.3, -0.25) is 0 Å². The first kappa shape index (κ1) is 12.4. The van der Waals surface area contributed by atoms with E-state index in [-0.39, 0.29) is 0 Å². The zero-order valence-electron chi connectivity index (χ0n) is 9.70. The molecule has 102 valence electrons. The van der Waals surface area contributed by atoms with Crippen LogP contribution in [0.1, 0.15) is 6.42 Å². The van der Waals surface area contributed by atoms with Crippen LogP contribution in [0.2, 0.25) is 0 Å². The van der Waals surface area contributed by atoms with Gasteiger partial charge in [-0.25, -0.2) is 0 Å². The van der Waals surface area contributed by atoms with Gasteiger partial charge in [0, 0.05) is 19.2 Å². The number of hydrogen-bond acceptors (Lipinski definition) is 7. The van der Waals surface area contributed by atoms with E-state index in [9.17, 15) is 8.78 Å². The highest BCUT2D eigenvalue weighted by atomic mass is 32.1. The quantitative estimate of drug-likeness (QED) is 0.857. The van der Waals surface area contributed by atoms with Crippen LogP contribution in [-0.4, -0.2) is 41.2 Å². The van der Waals surface area contributed by atoms with Crippen molar-refractivity contribution < 1.29 is 18.0 Å². The Balaban J connectivity index is 1.67. The fraction of sp³-hybridized carbons (Fsp3) is 0.500.